The molecule has 0 atom stereocenters. The van der Waals surface area contributed by atoms with Gasteiger partial charge >= 0.3 is 0 Å². The number of nitrogens with zero attached hydrogens (tertiary/aromatic N) is 1. The van der Waals surface area contributed by atoms with Gasteiger partial charge in [0.1, 0.15) is 0 Å². The van der Waals surface area contributed by atoms with E-state index >= 15 is 0 Å². The first-order valence-corrected chi connectivity index (χ1v) is 4.16. The van der Waals surface area contributed by atoms with E-state index in [1.807, 2.05) is 16.8 Å². The Morgan fingerprint density at radius 3 is 2.89 bits per heavy atom. The Balaban J connectivity index is 2.35. The van der Waals surface area contributed by atoms with Gasteiger partial charge in [0, 0.05) is 4.88 Å². The lowest BCUT2D eigenvalue weighted by Crippen LogP contribution is -1.76. The van der Waals surface area contributed by atoms with E-state index < -0.39 is 0 Å². The van der Waals surface area contributed by atoms with E-state index in [4.69, 9.17) is 0 Å². The molecule has 0 aromatic carbocycles. The van der Waals surface area contributed by atoms with Crippen molar-refractivity contribution in [3.8, 4) is 0 Å². The van der Waals surface area contributed by atoms with E-state index in [0.29, 0.717) is 0 Å². The summed E-state index contributed by atoms with van der Waals surface area (Å²) in [6.45, 7) is 2.10. The maximum Gasteiger partial charge on any atom is 0.0797 e. The van der Waals surface area contributed by atoms with Crippen LogP contribution in [0.3, 0.4) is 0 Å². The third-order valence-corrected chi connectivity index (χ3v) is 2.82. The fourth-order valence-electron chi connectivity index (χ4n) is 1.05. The summed E-state index contributed by atoms with van der Waals surface area (Å²) in [7, 11) is 0. The Hall–Kier alpha value is -0.370. The zero-order chi connectivity index (χ0) is 6.27. The Morgan fingerprint density at radius 2 is 2.44 bits per heavy atom. The topological polar surface area (TPSA) is 12.9 Å². The number of aryl methyl sites for hydroxylation is 1. The Labute approximate surface area is 58.7 Å². The van der Waals surface area contributed by atoms with Crippen LogP contribution in [0.1, 0.15) is 29.3 Å². The summed E-state index contributed by atoms with van der Waals surface area (Å²) < 4.78 is 0. The standard InChI is InChI=1S/C7H9NS/c1-5-7(6-2-3-6)9-4-8-5/h4,6H,2-3H2,1H3. The van der Waals surface area contributed by atoms with Crippen LogP contribution in [0.5, 0.6) is 0 Å². The highest BCUT2D eigenvalue weighted by Crippen LogP contribution is 2.43. The minimum Gasteiger partial charge on any atom is -0.250 e. The van der Waals surface area contributed by atoms with E-state index in [1.165, 1.54) is 23.4 Å². The predicted molar refractivity (Wildman–Crippen MR) is 38.8 cm³/mol. The lowest BCUT2D eigenvalue weighted by Gasteiger charge is -1.88. The van der Waals surface area contributed by atoms with Crippen LogP contribution < -0.4 is 0 Å². The summed E-state index contributed by atoms with van der Waals surface area (Å²) in [6, 6.07) is 0. The minimum absolute atomic E-state index is 0.887. The molecule has 0 unspecified atom stereocenters. The van der Waals surface area contributed by atoms with Crippen molar-refractivity contribution in [3.05, 3.63) is 16.1 Å². The maximum absolute atomic E-state index is 4.20. The molecular weight excluding hydrogens is 130 g/mol. The number of rotatable bonds is 1. The van der Waals surface area contributed by atoms with Crippen molar-refractivity contribution in [3.63, 3.8) is 0 Å². The van der Waals surface area contributed by atoms with Gasteiger partial charge in [-0.15, -0.1) is 11.3 Å². The zero-order valence-electron chi connectivity index (χ0n) is 5.42. The molecule has 1 heterocycles. The smallest absolute Gasteiger partial charge is 0.0797 e. The van der Waals surface area contributed by atoms with Gasteiger partial charge in [0.2, 0.25) is 0 Å². The van der Waals surface area contributed by atoms with Crippen LogP contribution in [0.25, 0.3) is 0 Å². The first kappa shape index (κ1) is 5.42. The maximum atomic E-state index is 4.20. The summed E-state index contributed by atoms with van der Waals surface area (Å²) in [5, 5.41) is 0. The second kappa shape index (κ2) is 1.81. The molecule has 0 bridgehead atoms. The molecule has 0 N–H and O–H groups in total. The van der Waals surface area contributed by atoms with Gasteiger partial charge in [0.25, 0.3) is 0 Å². The van der Waals surface area contributed by atoms with Crippen molar-refractivity contribution in [1.29, 1.82) is 0 Å². The van der Waals surface area contributed by atoms with E-state index in [0.717, 1.165) is 5.92 Å². The molecule has 48 valence electrons. The molecule has 2 rings (SSSR count). The van der Waals surface area contributed by atoms with Gasteiger partial charge in [-0.25, -0.2) is 4.98 Å². The summed E-state index contributed by atoms with van der Waals surface area (Å²) in [6.07, 6.45) is 2.78. The molecule has 1 fully saturated rings. The third kappa shape index (κ3) is 0.874. The SMILES string of the molecule is Cc1ncsc1C1CC1. The van der Waals surface area contributed by atoms with Crippen LogP contribution >= 0.6 is 11.3 Å². The number of aromatic nitrogens is 1. The quantitative estimate of drug-likeness (QED) is 0.582. The summed E-state index contributed by atoms with van der Waals surface area (Å²) in [5.74, 6) is 0.887. The fraction of sp³-hybridized carbons (Fsp3) is 0.571. The predicted octanol–water partition coefficient (Wildman–Crippen LogP) is 2.33. The second-order valence-electron chi connectivity index (χ2n) is 2.58. The molecule has 1 aliphatic rings. The van der Waals surface area contributed by atoms with Crippen LogP contribution in [0.4, 0.5) is 0 Å². The monoisotopic (exact) mass is 139 g/mol. The van der Waals surface area contributed by atoms with Crippen molar-refractivity contribution < 1.29 is 0 Å². The van der Waals surface area contributed by atoms with Crippen LogP contribution in [0.2, 0.25) is 0 Å². The van der Waals surface area contributed by atoms with Gasteiger partial charge in [0.15, 0.2) is 0 Å². The van der Waals surface area contributed by atoms with Crippen molar-refractivity contribution in [2.24, 2.45) is 0 Å². The van der Waals surface area contributed by atoms with Crippen molar-refractivity contribution in [2.75, 3.05) is 0 Å². The molecular formula is C7H9NS. The fourth-order valence-corrected chi connectivity index (χ4v) is 2.02. The lowest BCUT2D eigenvalue weighted by molar-refractivity contribution is 1.11. The third-order valence-electron chi connectivity index (χ3n) is 1.73. The normalized spacial score (nSPS) is 18.3. The molecule has 0 saturated heterocycles. The zero-order valence-corrected chi connectivity index (χ0v) is 6.24. The molecule has 1 saturated carbocycles. The second-order valence-corrected chi connectivity index (χ2v) is 3.46. The van der Waals surface area contributed by atoms with Crippen LogP contribution in [-0.4, -0.2) is 4.98 Å². The van der Waals surface area contributed by atoms with Gasteiger partial charge in [0.05, 0.1) is 11.2 Å². The van der Waals surface area contributed by atoms with Gasteiger partial charge in [-0.05, 0) is 25.7 Å². The Kier molecular flexibility index (Phi) is 1.09. The Morgan fingerprint density at radius 1 is 1.67 bits per heavy atom. The molecule has 0 aliphatic heterocycles. The average Bonchev–Trinajstić information content (AvgIpc) is 2.58. The van der Waals surface area contributed by atoms with Crippen molar-refractivity contribution >= 4 is 11.3 Å². The molecule has 1 aromatic rings. The van der Waals surface area contributed by atoms with Gasteiger partial charge < -0.3 is 0 Å². The summed E-state index contributed by atoms with van der Waals surface area (Å²) in [4.78, 5) is 5.72. The molecule has 2 heteroatoms. The molecule has 1 aromatic heterocycles. The molecule has 0 spiro atoms. The van der Waals surface area contributed by atoms with Gasteiger partial charge in [-0.1, -0.05) is 0 Å². The largest absolute Gasteiger partial charge is 0.250 e. The van der Waals surface area contributed by atoms with E-state index in [9.17, 15) is 0 Å². The summed E-state index contributed by atoms with van der Waals surface area (Å²) >= 11 is 1.81. The van der Waals surface area contributed by atoms with E-state index in [2.05, 4.69) is 11.9 Å². The van der Waals surface area contributed by atoms with Gasteiger partial charge in [-0.2, -0.15) is 0 Å². The Bertz CT molecular complexity index is 212. The van der Waals surface area contributed by atoms with Crippen LogP contribution in [0, 0.1) is 6.92 Å². The minimum atomic E-state index is 0.887. The van der Waals surface area contributed by atoms with E-state index in [1.54, 1.807) is 0 Å². The number of thiazole rings is 1. The van der Waals surface area contributed by atoms with Gasteiger partial charge in [-0.3, -0.25) is 0 Å². The highest BCUT2D eigenvalue weighted by Gasteiger charge is 2.26. The van der Waals surface area contributed by atoms with Crippen molar-refractivity contribution in [1.82, 2.24) is 4.98 Å². The van der Waals surface area contributed by atoms with E-state index in [-0.39, 0.29) is 0 Å². The highest BCUT2D eigenvalue weighted by molar-refractivity contribution is 7.09. The molecule has 9 heavy (non-hydrogen) atoms. The van der Waals surface area contributed by atoms with Crippen LogP contribution in [-0.2, 0) is 0 Å². The average molecular weight is 139 g/mol. The van der Waals surface area contributed by atoms with Crippen LogP contribution in [0.15, 0.2) is 5.51 Å². The van der Waals surface area contributed by atoms with Crippen molar-refractivity contribution in [2.45, 2.75) is 25.7 Å². The first-order chi connectivity index (χ1) is 4.38. The number of hydrogen-bond acceptors (Lipinski definition) is 2. The summed E-state index contributed by atoms with van der Waals surface area (Å²) in [5.41, 5.74) is 3.20. The lowest BCUT2D eigenvalue weighted by atomic mass is 10.3. The number of hydrogen-bond donors (Lipinski definition) is 0. The molecule has 1 aliphatic carbocycles. The molecule has 0 amide bonds. The highest BCUT2D eigenvalue weighted by atomic mass is 32.1. The molecule has 1 nitrogen and oxygen atoms in total. The molecule has 0 radical (unpaired) electrons. The first-order valence-electron chi connectivity index (χ1n) is 3.28.